The van der Waals surface area contributed by atoms with E-state index in [0.717, 1.165) is 6.26 Å². The summed E-state index contributed by atoms with van der Waals surface area (Å²) in [5, 5.41) is 17.9. The molecule has 0 amide bonds. The van der Waals surface area contributed by atoms with E-state index in [0.29, 0.717) is 17.7 Å². The minimum absolute atomic E-state index is 0.0264. The predicted octanol–water partition coefficient (Wildman–Crippen LogP) is 2.02. The number of hydrogen-bond acceptors (Lipinski definition) is 5. The van der Waals surface area contributed by atoms with Crippen LogP contribution in [0.4, 0.5) is 0 Å². The number of aliphatic hydroxyl groups is 1. The maximum atomic E-state index is 11.2. The lowest BCUT2D eigenvalue weighted by atomic mass is 10.0. The zero-order valence-corrected chi connectivity index (χ0v) is 11.0. The molecule has 104 valence electrons. The molecule has 1 aromatic carbocycles. The highest BCUT2D eigenvalue weighted by atomic mass is 16.5. The largest absolute Gasteiger partial charge is 0.516 e. The monoisotopic (exact) mass is 268 g/mol. The summed E-state index contributed by atoms with van der Waals surface area (Å²) < 4.78 is 15.5. The van der Waals surface area contributed by atoms with Gasteiger partial charge >= 0.3 is 5.97 Å². The van der Waals surface area contributed by atoms with Crippen molar-refractivity contribution in [3.8, 4) is 17.2 Å². The third kappa shape index (κ3) is 2.90. The molecule has 2 N–H and O–H groups in total. The molecule has 0 atom stereocenters. The number of carboxylic acid groups (broad SMARTS) is 1. The molecule has 0 aliphatic heterocycles. The lowest BCUT2D eigenvalue weighted by Gasteiger charge is -2.17. The maximum absolute atomic E-state index is 11.2. The molecule has 0 aromatic heterocycles. The maximum Gasteiger partial charge on any atom is 0.339 e. The number of hydrogen-bond donors (Lipinski definition) is 2. The van der Waals surface area contributed by atoms with Crippen LogP contribution in [0.15, 0.2) is 18.4 Å². The first-order valence-corrected chi connectivity index (χ1v) is 5.45. The number of carbonyl (C=O) groups is 1. The summed E-state index contributed by atoms with van der Waals surface area (Å²) >= 11 is 0. The highest BCUT2D eigenvalue weighted by Gasteiger charge is 2.23. The number of ether oxygens (including phenoxy) is 3. The van der Waals surface area contributed by atoms with Crippen LogP contribution in [0.5, 0.6) is 17.2 Å². The summed E-state index contributed by atoms with van der Waals surface area (Å²) in [6.45, 7) is 0. The van der Waals surface area contributed by atoms with E-state index in [9.17, 15) is 9.90 Å². The van der Waals surface area contributed by atoms with Crippen molar-refractivity contribution in [2.45, 2.75) is 6.42 Å². The molecular formula is C13H16O6. The minimum Gasteiger partial charge on any atom is -0.516 e. The zero-order chi connectivity index (χ0) is 14.4. The summed E-state index contributed by atoms with van der Waals surface area (Å²) in [6.07, 6.45) is 2.66. The molecule has 19 heavy (non-hydrogen) atoms. The van der Waals surface area contributed by atoms with Gasteiger partial charge in [-0.1, -0.05) is 0 Å². The van der Waals surface area contributed by atoms with Crippen LogP contribution in [-0.2, 0) is 6.42 Å². The highest BCUT2D eigenvalue weighted by molar-refractivity contribution is 5.93. The second-order valence-corrected chi connectivity index (χ2v) is 3.58. The third-order valence-electron chi connectivity index (χ3n) is 2.55. The van der Waals surface area contributed by atoms with Crippen molar-refractivity contribution in [1.29, 1.82) is 0 Å². The summed E-state index contributed by atoms with van der Waals surface area (Å²) in [5.74, 6) is -0.440. The molecular weight excluding hydrogens is 252 g/mol. The number of carboxylic acids is 1. The Balaban J connectivity index is 3.55. The first-order valence-electron chi connectivity index (χ1n) is 5.45. The summed E-state index contributed by atoms with van der Waals surface area (Å²) in [7, 11) is 4.21. The SMILES string of the molecule is COc1c(CC=CO)cc(C(=O)O)c(OC)c1OC. The Morgan fingerprint density at radius 1 is 1.16 bits per heavy atom. The molecule has 0 spiro atoms. The third-order valence-corrected chi connectivity index (χ3v) is 2.55. The van der Waals surface area contributed by atoms with Crippen LogP contribution in [0.3, 0.4) is 0 Å². The van der Waals surface area contributed by atoms with E-state index in [-0.39, 0.29) is 17.1 Å². The fourth-order valence-electron chi connectivity index (χ4n) is 1.78. The van der Waals surface area contributed by atoms with Crippen LogP contribution in [-0.4, -0.2) is 37.5 Å². The molecule has 0 saturated heterocycles. The van der Waals surface area contributed by atoms with Crippen LogP contribution in [0, 0.1) is 0 Å². The molecule has 0 heterocycles. The van der Waals surface area contributed by atoms with E-state index < -0.39 is 5.97 Å². The molecule has 6 nitrogen and oxygen atoms in total. The standard InChI is InChI=1S/C13H16O6/c1-17-10-8(5-4-6-14)7-9(13(15)16)11(18-2)12(10)19-3/h4,6-7,14H,5H2,1-3H3,(H,15,16). The number of aliphatic hydroxyl groups excluding tert-OH is 1. The Labute approximate surface area is 110 Å². The van der Waals surface area contributed by atoms with Crippen LogP contribution in [0.25, 0.3) is 0 Å². The lowest BCUT2D eigenvalue weighted by Crippen LogP contribution is -2.06. The molecule has 0 fully saturated rings. The smallest absolute Gasteiger partial charge is 0.339 e. The number of aromatic carboxylic acids is 1. The molecule has 0 aliphatic carbocycles. The van der Waals surface area contributed by atoms with Gasteiger partial charge in [0.1, 0.15) is 5.56 Å². The minimum atomic E-state index is -1.13. The zero-order valence-electron chi connectivity index (χ0n) is 11.0. The molecule has 0 saturated carbocycles. The Bertz CT molecular complexity index is 492. The van der Waals surface area contributed by atoms with E-state index >= 15 is 0 Å². The van der Waals surface area contributed by atoms with Crippen molar-refractivity contribution < 1.29 is 29.2 Å². The molecule has 0 aliphatic rings. The van der Waals surface area contributed by atoms with Crippen molar-refractivity contribution in [1.82, 2.24) is 0 Å². The van der Waals surface area contributed by atoms with Gasteiger partial charge in [-0.25, -0.2) is 4.79 Å². The first kappa shape index (κ1) is 14.7. The summed E-state index contributed by atoms with van der Waals surface area (Å²) in [4.78, 5) is 11.2. The number of benzene rings is 1. The van der Waals surface area contributed by atoms with Gasteiger partial charge in [-0.2, -0.15) is 0 Å². The average Bonchev–Trinajstić information content (AvgIpc) is 2.42. The fourth-order valence-corrected chi connectivity index (χ4v) is 1.78. The van der Waals surface area contributed by atoms with Crippen molar-refractivity contribution >= 4 is 5.97 Å². The normalized spacial score (nSPS) is 10.5. The molecule has 0 bridgehead atoms. The van der Waals surface area contributed by atoms with Gasteiger partial charge in [0.25, 0.3) is 0 Å². The first-order chi connectivity index (χ1) is 9.10. The van der Waals surface area contributed by atoms with Crippen molar-refractivity contribution in [2.24, 2.45) is 0 Å². The molecule has 0 radical (unpaired) electrons. The molecule has 0 unspecified atom stereocenters. The summed E-state index contributed by atoms with van der Waals surface area (Å²) in [5.41, 5.74) is 0.546. The summed E-state index contributed by atoms with van der Waals surface area (Å²) in [6, 6.07) is 1.43. The molecule has 6 heteroatoms. The number of methoxy groups -OCH3 is 3. The Hall–Kier alpha value is -2.37. The predicted molar refractivity (Wildman–Crippen MR) is 68.5 cm³/mol. The van der Waals surface area contributed by atoms with E-state index in [1.807, 2.05) is 0 Å². The Kier molecular flexibility index (Phi) is 5.05. The number of rotatable bonds is 6. The van der Waals surface area contributed by atoms with Gasteiger partial charge in [0.15, 0.2) is 11.5 Å². The van der Waals surface area contributed by atoms with Gasteiger partial charge in [-0.15, -0.1) is 0 Å². The van der Waals surface area contributed by atoms with Gasteiger partial charge < -0.3 is 24.4 Å². The van der Waals surface area contributed by atoms with Gasteiger partial charge in [0.2, 0.25) is 5.75 Å². The van der Waals surface area contributed by atoms with E-state index in [4.69, 9.17) is 19.3 Å². The fraction of sp³-hybridized carbons (Fsp3) is 0.308. The van der Waals surface area contributed by atoms with Crippen molar-refractivity contribution in [3.63, 3.8) is 0 Å². The van der Waals surface area contributed by atoms with Crippen LogP contribution >= 0.6 is 0 Å². The second kappa shape index (κ2) is 6.53. The van der Waals surface area contributed by atoms with Gasteiger partial charge in [0.05, 0.1) is 27.6 Å². The van der Waals surface area contributed by atoms with Crippen LogP contribution in [0.2, 0.25) is 0 Å². The van der Waals surface area contributed by atoms with Crippen LogP contribution < -0.4 is 14.2 Å². The van der Waals surface area contributed by atoms with Gasteiger partial charge in [-0.3, -0.25) is 0 Å². The van der Waals surface area contributed by atoms with Gasteiger partial charge in [0, 0.05) is 5.56 Å². The van der Waals surface area contributed by atoms with E-state index in [2.05, 4.69) is 0 Å². The Morgan fingerprint density at radius 2 is 1.74 bits per heavy atom. The van der Waals surface area contributed by atoms with E-state index in [1.165, 1.54) is 33.5 Å². The topological polar surface area (TPSA) is 85.2 Å². The van der Waals surface area contributed by atoms with Crippen molar-refractivity contribution in [2.75, 3.05) is 21.3 Å². The quantitative estimate of drug-likeness (QED) is 0.768. The van der Waals surface area contributed by atoms with Crippen molar-refractivity contribution in [3.05, 3.63) is 29.5 Å². The molecule has 1 aromatic rings. The Morgan fingerprint density at radius 3 is 2.16 bits per heavy atom. The number of allylic oxidation sites excluding steroid dienone is 1. The highest BCUT2D eigenvalue weighted by Crippen LogP contribution is 2.43. The van der Waals surface area contributed by atoms with E-state index in [1.54, 1.807) is 0 Å². The van der Waals surface area contributed by atoms with Crippen LogP contribution in [0.1, 0.15) is 15.9 Å². The molecule has 1 rings (SSSR count). The second-order valence-electron chi connectivity index (χ2n) is 3.58. The van der Waals surface area contributed by atoms with Gasteiger partial charge in [-0.05, 0) is 18.6 Å². The lowest BCUT2D eigenvalue weighted by molar-refractivity contribution is 0.0692. The average molecular weight is 268 g/mol.